The largest absolute Gasteiger partial charge is 0.490 e. The number of nitrogens with zero attached hydrogens (tertiary/aromatic N) is 2. The van der Waals surface area contributed by atoms with Gasteiger partial charge in [-0.2, -0.15) is 0 Å². The number of β-amino-alcohol motifs (C(OH)–C–C–N with tert-alkyl or cyclic N) is 1. The molecule has 2 heterocycles. The number of piperidine rings is 1. The van der Waals surface area contributed by atoms with Crippen molar-refractivity contribution in [2.75, 3.05) is 39.3 Å². The van der Waals surface area contributed by atoms with Crippen LogP contribution in [-0.2, 0) is 0 Å². The van der Waals surface area contributed by atoms with Crippen LogP contribution in [0.4, 0.5) is 0 Å². The molecule has 26 heavy (non-hydrogen) atoms. The maximum atomic E-state index is 10.6. The summed E-state index contributed by atoms with van der Waals surface area (Å²) in [6.07, 6.45) is 6.16. The first-order valence-corrected chi connectivity index (χ1v) is 10.4. The van der Waals surface area contributed by atoms with E-state index in [9.17, 15) is 5.11 Å². The summed E-state index contributed by atoms with van der Waals surface area (Å²) in [5.74, 6) is 0.940. The molecule has 2 aliphatic heterocycles. The summed E-state index contributed by atoms with van der Waals surface area (Å²) in [6.45, 7) is 12.2. The van der Waals surface area contributed by atoms with Crippen LogP contribution in [0.15, 0.2) is 12.1 Å². The average Bonchev–Trinajstić information content (AvgIpc) is 3.06. The number of likely N-dealkylation sites (tertiary alicyclic amines) is 2. The quantitative estimate of drug-likeness (QED) is 0.809. The zero-order valence-corrected chi connectivity index (χ0v) is 16.8. The Kier molecular flexibility index (Phi) is 6.96. The molecular weight excluding hydrogens is 324 g/mol. The van der Waals surface area contributed by atoms with Crippen LogP contribution in [-0.4, -0.2) is 66.4 Å². The van der Waals surface area contributed by atoms with Crippen molar-refractivity contribution in [1.82, 2.24) is 9.80 Å². The van der Waals surface area contributed by atoms with Gasteiger partial charge in [0, 0.05) is 19.1 Å². The third kappa shape index (κ3) is 4.99. The molecule has 146 valence electrons. The normalized spacial score (nSPS) is 23.3. The van der Waals surface area contributed by atoms with Gasteiger partial charge in [-0.15, -0.1) is 0 Å². The lowest BCUT2D eigenvalue weighted by molar-refractivity contribution is 0.0551. The molecule has 1 aromatic rings. The smallest absolute Gasteiger partial charge is 0.125 e. The maximum Gasteiger partial charge on any atom is 0.125 e. The number of benzene rings is 1. The Balaban J connectivity index is 1.49. The van der Waals surface area contributed by atoms with E-state index >= 15 is 0 Å². The molecular formula is C22H36N2O2. The van der Waals surface area contributed by atoms with Gasteiger partial charge in [0.15, 0.2) is 0 Å². The first-order valence-electron chi connectivity index (χ1n) is 10.4. The summed E-state index contributed by atoms with van der Waals surface area (Å²) in [4.78, 5) is 5.10. The van der Waals surface area contributed by atoms with E-state index in [0.717, 1.165) is 24.4 Å². The first-order chi connectivity index (χ1) is 12.5. The Morgan fingerprint density at radius 2 is 1.77 bits per heavy atom. The first kappa shape index (κ1) is 19.7. The maximum absolute atomic E-state index is 10.6. The number of rotatable bonds is 7. The van der Waals surface area contributed by atoms with Crippen LogP contribution in [0.3, 0.4) is 0 Å². The standard InChI is InChI=1S/C22H36N2O2/c1-17-9-10-18(2)22(19(17)3)26-16-21(25)15-24-13-7-8-20(24)14-23-11-5-4-6-12-23/h9-10,20-21,25H,4-8,11-16H2,1-3H3/t20-,21+/m0/s1. The molecule has 1 N–H and O–H groups in total. The summed E-state index contributed by atoms with van der Waals surface area (Å²) in [7, 11) is 0. The Hall–Kier alpha value is -1.10. The molecule has 0 aromatic heterocycles. The van der Waals surface area contributed by atoms with E-state index < -0.39 is 6.10 Å². The van der Waals surface area contributed by atoms with E-state index in [0.29, 0.717) is 12.6 Å². The fraction of sp³-hybridized carbons (Fsp3) is 0.727. The highest BCUT2D eigenvalue weighted by molar-refractivity contribution is 5.44. The Bertz CT molecular complexity index is 584. The number of aliphatic hydroxyl groups is 1. The van der Waals surface area contributed by atoms with Gasteiger partial charge in [-0.1, -0.05) is 18.6 Å². The number of aryl methyl sites for hydroxylation is 2. The Labute approximate surface area is 159 Å². The fourth-order valence-electron chi connectivity index (χ4n) is 4.43. The second kappa shape index (κ2) is 9.20. The lowest BCUT2D eigenvalue weighted by Crippen LogP contribution is -2.45. The molecule has 3 rings (SSSR count). The van der Waals surface area contributed by atoms with Gasteiger partial charge in [0.25, 0.3) is 0 Å². The topological polar surface area (TPSA) is 35.9 Å². The molecule has 0 saturated carbocycles. The van der Waals surface area contributed by atoms with Crippen LogP contribution >= 0.6 is 0 Å². The van der Waals surface area contributed by atoms with Crippen molar-refractivity contribution in [1.29, 1.82) is 0 Å². The highest BCUT2D eigenvalue weighted by atomic mass is 16.5. The fourth-order valence-corrected chi connectivity index (χ4v) is 4.43. The Morgan fingerprint density at radius 1 is 1.04 bits per heavy atom. The molecule has 2 saturated heterocycles. The van der Waals surface area contributed by atoms with E-state index in [1.807, 2.05) is 0 Å². The summed E-state index contributed by atoms with van der Waals surface area (Å²) in [5, 5.41) is 10.6. The minimum absolute atomic E-state index is 0.373. The zero-order chi connectivity index (χ0) is 18.5. The minimum atomic E-state index is -0.434. The van der Waals surface area contributed by atoms with Crippen LogP contribution in [0.5, 0.6) is 5.75 Å². The van der Waals surface area contributed by atoms with Crippen molar-refractivity contribution in [3.8, 4) is 5.75 Å². The van der Waals surface area contributed by atoms with E-state index in [4.69, 9.17) is 4.74 Å². The van der Waals surface area contributed by atoms with E-state index in [-0.39, 0.29) is 0 Å². The van der Waals surface area contributed by atoms with Gasteiger partial charge in [-0.25, -0.2) is 0 Å². The average molecular weight is 361 g/mol. The van der Waals surface area contributed by atoms with Gasteiger partial charge in [0.05, 0.1) is 0 Å². The van der Waals surface area contributed by atoms with Crippen molar-refractivity contribution in [2.24, 2.45) is 0 Å². The molecule has 0 amide bonds. The van der Waals surface area contributed by atoms with E-state index in [1.165, 1.54) is 62.9 Å². The Morgan fingerprint density at radius 3 is 2.54 bits per heavy atom. The van der Waals surface area contributed by atoms with Crippen LogP contribution in [0.25, 0.3) is 0 Å². The molecule has 4 nitrogen and oxygen atoms in total. The van der Waals surface area contributed by atoms with E-state index in [1.54, 1.807) is 0 Å². The summed E-state index contributed by atoms with van der Waals surface area (Å²) < 4.78 is 6.02. The molecule has 4 heteroatoms. The van der Waals surface area contributed by atoms with Crippen molar-refractivity contribution in [3.63, 3.8) is 0 Å². The minimum Gasteiger partial charge on any atom is -0.490 e. The van der Waals surface area contributed by atoms with Crippen molar-refractivity contribution >= 4 is 0 Å². The predicted molar refractivity (Wildman–Crippen MR) is 107 cm³/mol. The molecule has 1 aromatic carbocycles. The molecule has 2 fully saturated rings. The molecule has 0 aliphatic carbocycles. The predicted octanol–water partition coefficient (Wildman–Crippen LogP) is 3.30. The molecule has 0 bridgehead atoms. The summed E-state index contributed by atoms with van der Waals surface area (Å²) in [6, 6.07) is 4.83. The number of aliphatic hydroxyl groups excluding tert-OH is 1. The van der Waals surface area contributed by atoms with Gasteiger partial charge in [-0.3, -0.25) is 4.90 Å². The second-order valence-electron chi connectivity index (χ2n) is 8.27. The number of hydrogen-bond acceptors (Lipinski definition) is 4. The zero-order valence-electron chi connectivity index (χ0n) is 16.8. The highest BCUT2D eigenvalue weighted by Gasteiger charge is 2.28. The van der Waals surface area contributed by atoms with Crippen molar-refractivity contribution in [2.45, 2.75) is 65.0 Å². The van der Waals surface area contributed by atoms with E-state index in [2.05, 4.69) is 42.7 Å². The number of ether oxygens (including phenoxy) is 1. The monoisotopic (exact) mass is 360 g/mol. The molecule has 0 spiro atoms. The van der Waals surface area contributed by atoms with Crippen molar-refractivity contribution in [3.05, 3.63) is 28.8 Å². The van der Waals surface area contributed by atoms with Crippen LogP contribution in [0, 0.1) is 20.8 Å². The lowest BCUT2D eigenvalue weighted by Gasteiger charge is -2.33. The van der Waals surface area contributed by atoms with Crippen LogP contribution in [0.2, 0.25) is 0 Å². The lowest BCUT2D eigenvalue weighted by atomic mass is 10.1. The van der Waals surface area contributed by atoms with Gasteiger partial charge in [0.2, 0.25) is 0 Å². The molecule has 2 atom stereocenters. The molecule has 2 aliphatic rings. The molecule has 0 radical (unpaired) electrons. The van der Waals surface area contributed by atoms with Crippen molar-refractivity contribution < 1.29 is 9.84 Å². The highest BCUT2D eigenvalue weighted by Crippen LogP contribution is 2.26. The third-order valence-electron chi connectivity index (χ3n) is 6.16. The SMILES string of the molecule is Cc1ccc(C)c(OC[C@H](O)CN2CCC[C@H]2CN2CCCCC2)c1C. The van der Waals surface area contributed by atoms with Crippen LogP contribution < -0.4 is 4.74 Å². The number of hydrogen-bond donors (Lipinski definition) is 1. The summed E-state index contributed by atoms with van der Waals surface area (Å²) >= 11 is 0. The third-order valence-corrected chi connectivity index (χ3v) is 6.16. The summed E-state index contributed by atoms with van der Waals surface area (Å²) in [5.41, 5.74) is 3.56. The second-order valence-corrected chi connectivity index (χ2v) is 8.27. The molecule has 0 unspecified atom stereocenters. The van der Waals surface area contributed by atoms with Gasteiger partial charge < -0.3 is 14.7 Å². The van der Waals surface area contributed by atoms with Crippen LogP contribution in [0.1, 0.15) is 48.8 Å². The van der Waals surface area contributed by atoms with Gasteiger partial charge in [0.1, 0.15) is 18.5 Å². The van der Waals surface area contributed by atoms with Gasteiger partial charge >= 0.3 is 0 Å². The van der Waals surface area contributed by atoms with Gasteiger partial charge in [-0.05, 0) is 82.8 Å².